The quantitative estimate of drug-likeness (QED) is 0.397. The topological polar surface area (TPSA) is 57.5 Å². The van der Waals surface area contributed by atoms with Crippen LogP contribution in [0.2, 0.25) is 0 Å². The van der Waals surface area contributed by atoms with Gasteiger partial charge in [0.15, 0.2) is 0 Å². The largest absolute Gasteiger partial charge is 0.507 e. The van der Waals surface area contributed by atoms with Crippen molar-refractivity contribution in [2.45, 2.75) is 124 Å². The average Bonchev–Trinajstić information content (AvgIpc) is 2.71. The van der Waals surface area contributed by atoms with Crippen LogP contribution in [-0.2, 0) is 26.5 Å². The first-order valence-electron chi connectivity index (χ1n) is 13.5. The normalized spacial score (nSPS) is 14.0. The molecule has 0 radical (unpaired) electrons. The Labute approximate surface area is 226 Å². The number of hydrogen-bond donors (Lipinski definition) is 2. The zero-order valence-corrected chi connectivity index (χ0v) is 25.6. The van der Waals surface area contributed by atoms with Gasteiger partial charge in [0, 0.05) is 11.5 Å². The van der Waals surface area contributed by atoms with E-state index in [4.69, 9.17) is 0 Å². The van der Waals surface area contributed by atoms with Crippen LogP contribution in [-0.4, -0.2) is 16.2 Å². The summed E-state index contributed by atoms with van der Waals surface area (Å²) >= 11 is 0. The van der Waals surface area contributed by atoms with Gasteiger partial charge in [-0.1, -0.05) is 121 Å². The lowest BCUT2D eigenvalue weighted by Gasteiger charge is -2.34. The molecule has 2 aromatic rings. The highest BCUT2D eigenvalue weighted by Crippen LogP contribution is 2.47. The van der Waals surface area contributed by atoms with Gasteiger partial charge in [-0.3, -0.25) is 0 Å². The number of hydrogen-bond acceptors (Lipinski definition) is 2. The Morgan fingerprint density at radius 2 is 1.14 bits per heavy atom. The molecule has 0 amide bonds. The van der Waals surface area contributed by atoms with E-state index < -0.39 is 5.97 Å². The molecule has 1 unspecified atom stereocenters. The van der Waals surface area contributed by atoms with Gasteiger partial charge in [-0.15, -0.1) is 0 Å². The second-order valence-corrected chi connectivity index (χ2v) is 14.7. The van der Waals surface area contributed by atoms with Crippen molar-refractivity contribution in [3.63, 3.8) is 0 Å². The fourth-order valence-corrected chi connectivity index (χ4v) is 4.94. The first-order chi connectivity index (χ1) is 16.5. The third-order valence-corrected chi connectivity index (χ3v) is 7.38. The second-order valence-electron chi connectivity index (χ2n) is 14.7. The molecule has 0 bridgehead atoms. The van der Waals surface area contributed by atoms with Crippen molar-refractivity contribution in [1.29, 1.82) is 0 Å². The maximum atomic E-state index is 12.3. The molecule has 0 heterocycles. The van der Waals surface area contributed by atoms with Crippen molar-refractivity contribution in [2.75, 3.05) is 0 Å². The minimum absolute atomic E-state index is 0.0985. The predicted molar refractivity (Wildman–Crippen MR) is 158 cm³/mol. The highest BCUT2D eigenvalue weighted by molar-refractivity contribution is 6.15. The van der Waals surface area contributed by atoms with Crippen LogP contribution >= 0.6 is 0 Å². The number of phenols is 1. The highest BCUT2D eigenvalue weighted by atomic mass is 16.4. The van der Waals surface area contributed by atoms with E-state index in [1.807, 2.05) is 0 Å². The molecule has 3 heteroatoms. The van der Waals surface area contributed by atoms with Gasteiger partial charge in [0.1, 0.15) is 5.75 Å². The van der Waals surface area contributed by atoms with Crippen LogP contribution < -0.4 is 0 Å². The van der Waals surface area contributed by atoms with Gasteiger partial charge in [-0.05, 0) is 61.5 Å². The summed E-state index contributed by atoms with van der Waals surface area (Å²) in [4.78, 5) is 12.3. The van der Waals surface area contributed by atoms with Gasteiger partial charge in [0.05, 0.1) is 5.57 Å². The maximum absolute atomic E-state index is 12.3. The first kappa shape index (κ1) is 30.7. The number of aliphatic carboxylic acids is 1. The molecule has 0 fully saturated rings. The number of benzene rings is 2. The molecule has 1 atom stereocenters. The Kier molecular flexibility index (Phi) is 8.26. The molecule has 0 saturated carbocycles. The third kappa shape index (κ3) is 6.48. The Morgan fingerprint density at radius 3 is 1.49 bits per heavy atom. The van der Waals surface area contributed by atoms with Crippen LogP contribution in [0.15, 0.2) is 30.8 Å². The van der Waals surface area contributed by atoms with Crippen LogP contribution in [0.5, 0.6) is 5.75 Å². The number of rotatable bonds is 5. The number of phenolic OH excluding ortho intramolecular Hbond substituents is 1. The summed E-state index contributed by atoms with van der Waals surface area (Å²) in [5, 5.41) is 21.8. The van der Waals surface area contributed by atoms with E-state index in [2.05, 4.69) is 121 Å². The lowest BCUT2D eigenvalue weighted by atomic mass is 9.71. The molecular weight excluding hydrogens is 456 g/mol. The van der Waals surface area contributed by atoms with Crippen molar-refractivity contribution >= 4 is 11.5 Å². The molecule has 0 aliphatic heterocycles. The van der Waals surface area contributed by atoms with Gasteiger partial charge in [0.2, 0.25) is 0 Å². The minimum Gasteiger partial charge on any atom is -0.507 e. The smallest absolute Gasteiger partial charge is 0.335 e. The van der Waals surface area contributed by atoms with Gasteiger partial charge in [0.25, 0.3) is 0 Å². The third-order valence-electron chi connectivity index (χ3n) is 7.38. The van der Waals surface area contributed by atoms with Gasteiger partial charge < -0.3 is 10.2 Å². The Morgan fingerprint density at radius 1 is 0.730 bits per heavy atom. The molecule has 0 saturated heterocycles. The summed E-state index contributed by atoms with van der Waals surface area (Å²) in [6.45, 7) is 32.0. The van der Waals surface area contributed by atoms with Crippen molar-refractivity contribution in [3.8, 4) is 5.75 Å². The van der Waals surface area contributed by atoms with Crippen molar-refractivity contribution in [1.82, 2.24) is 0 Å². The van der Waals surface area contributed by atoms with E-state index >= 15 is 0 Å². The van der Waals surface area contributed by atoms with Crippen molar-refractivity contribution in [2.24, 2.45) is 0 Å². The summed E-state index contributed by atoms with van der Waals surface area (Å²) in [5.41, 5.74) is 5.96. The number of aromatic hydroxyl groups is 1. The second kappa shape index (κ2) is 9.97. The Hall–Kier alpha value is -2.55. The average molecular weight is 507 g/mol. The molecule has 0 aromatic heterocycles. The van der Waals surface area contributed by atoms with Crippen LogP contribution in [0.4, 0.5) is 0 Å². The van der Waals surface area contributed by atoms with Crippen LogP contribution in [0.3, 0.4) is 0 Å². The minimum atomic E-state index is -1.02. The number of carbonyl (C=O) groups is 1. The zero-order chi connectivity index (χ0) is 28.9. The molecule has 0 aliphatic rings. The van der Waals surface area contributed by atoms with E-state index in [1.54, 1.807) is 0 Å². The summed E-state index contributed by atoms with van der Waals surface area (Å²) in [5.74, 6) is -0.913. The first-order valence-corrected chi connectivity index (χ1v) is 13.5. The number of carboxylic acids is 1. The molecule has 2 N–H and O–H groups in total. The van der Waals surface area contributed by atoms with E-state index in [9.17, 15) is 15.0 Å². The fourth-order valence-electron chi connectivity index (χ4n) is 4.94. The zero-order valence-electron chi connectivity index (χ0n) is 25.6. The van der Waals surface area contributed by atoms with Gasteiger partial charge in [-0.2, -0.15) is 0 Å². The fraction of sp³-hybridized carbons (Fsp3) is 0.559. The van der Waals surface area contributed by atoms with Gasteiger partial charge in [-0.25, -0.2) is 4.79 Å². The van der Waals surface area contributed by atoms with E-state index in [0.717, 1.165) is 33.4 Å². The standard InChI is InChI=1S/C34H50O3/c1-15-23(25-17-22(32(6,7)8)19-27(29(25)35)34(12,13)14)24-16-21(31(3,4)5)18-26(33(9,10)11)28(24)20(2)30(36)37/h16-19,23,35H,2,15H2,1,3-14H3,(H,36,37). The van der Waals surface area contributed by atoms with Crippen molar-refractivity contribution < 1.29 is 15.0 Å². The van der Waals surface area contributed by atoms with Gasteiger partial charge >= 0.3 is 5.97 Å². The lowest BCUT2D eigenvalue weighted by molar-refractivity contribution is -0.130. The van der Waals surface area contributed by atoms with E-state index in [-0.39, 0.29) is 33.2 Å². The van der Waals surface area contributed by atoms with Crippen molar-refractivity contribution in [3.05, 3.63) is 69.8 Å². The lowest BCUT2D eigenvalue weighted by Crippen LogP contribution is -2.23. The SMILES string of the molecule is C=C(C(=O)O)c1c(C(CC)c2cc(C(C)(C)C)cc(C(C)(C)C)c2O)cc(C(C)(C)C)cc1C(C)(C)C. The molecule has 3 nitrogen and oxygen atoms in total. The summed E-state index contributed by atoms with van der Waals surface area (Å²) in [7, 11) is 0. The summed E-state index contributed by atoms with van der Waals surface area (Å²) < 4.78 is 0. The predicted octanol–water partition coefficient (Wildman–Crippen LogP) is 9.22. The Balaban J connectivity index is 3.16. The van der Waals surface area contributed by atoms with Crippen LogP contribution in [0.25, 0.3) is 5.57 Å². The molecule has 2 aromatic carbocycles. The molecule has 0 aliphatic carbocycles. The molecule has 37 heavy (non-hydrogen) atoms. The van der Waals surface area contributed by atoms with E-state index in [0.29, 0.717) is 17.7 Å². The van der Waals surface area contributed by atoms with E-state index in [1.165, 1.54) is 0 Å². The molecule has 204 valence electrons. The summed E-state index contributed by atoms with van der Waals surface area (Å²) in [6, 6.07) is 8.58. The Bertz CT molecular complexity index is 1190. The number of carboxylic acid groups (broad SMARTS) is 1. The molecular formula is C34H50O3. The molecule has 2 rings (SSSR count). The highest BCUT2D eigenvalue weighted by Gasteiger charge is 2.33. The van der Waals surface area contributed by atoms with Crippen LogP contribution in [0, 0.1) is 0 Å². The summed E-state index contributed by atoms with van der Waals surface area (Å²) in [6.07, 6.45) is 0.710. The molecule has 0 spiro atoms. The van der Waals surface area contributed by atoms with Crippen LogP contribution in [0.1, 0.15) is 141 Å². The monoisotopic (exact) mass is 506 g/mol. The maximum Gasteiger partial charge on any atom is 0.335 e.